The summed E-state index contributed by atoms with van der Waals surface area (Å²) in [6, 6.07) is 24.8. The lowest BCUT2D eigenvalue weighted by Crippen LogP contribution is -2.49. The third-order valence-corrected chi connectivity index (χ3v) is 6.04. The maximum absolute atomic E-state index is 13.3. The van der Waals surface area contributed by atoms with Gasteiger partial charge in [0.05, 0.1) is 11.4 Å². The van der Waals surface area contributed by atoms with E-state index in [2.05, 4.69) is 15.6 Å². The molecule has 178 valence electrons. The number of aryl methyl sites for hydroxylation is 1. The molecule has 0 bridgehead atoms. The Hall–Kier alpha value is -4.26. The van der Waals surface area contributed by atoms with Gasteiger partial charge in [-0.1, -0.05) is 78.4 Å². The topological polar surface area (TPSA) is 90.9 Å². The molecule has 3 amide bonds. The van der Waals surface area contributed by atoms with Gasteiger partial charge in [-0.25, -0.2) is 4.99 Å². The van der Waals surface area contributed by atoms with E-state index < -0.39 is 23.9 Å². The van der Waals surface area contributed by atoms with E-state index in [4.69, 9.17) is 0 Å². The molecule has 0 aliphatic carbocycles. The van der Waals surface area contributed by atoms with Crippen LogP contribution in [0.25, 0.3) is 0 Å². The number of benzene rings is 3. The van der Waals surface area contributed by atoms with Crippen molar-refractivity contribution < 1.29 is 14.4 Å². The number of nitrogens with zero attached hydrogens (tertiary/aromatic N) is 2. The maximum Gasteiger partial charge on any atom is 0.272 e. The normalized spacial score (nSPS) is 16.0. The smallest absolute Gasteiger partial charge is 0.272 e. The fourth-order valence-electron chi connectivity index (χ4n) is 3.87. The molecule has 1 aliphatic rings. The Labute approximate surface area is 204 Å². The highest BCUT2D eigenvalue weighted by molar-refractivity contribution is 6.20. The maximum atomic E-state index is 13.3. The monoisotopic (exact) mass is 468 g/mol. The molecule has 3 aromatic carbocycles. The number of carbonyl (C=O) groups excluding carboxylic acids is 3. The number of hydrogen-bond donors (Lipinski definition) is 2. The van der Waals surface area contributed by atoms with Crippen LogP contribution < -0.4 is 15.5 Å². The van der Waals surface area contributed by atoms with Gasteiger partial charge in [0.15, 0.2) is 0 Å². The molecule has 4 rings (SSSR count). The average Bonchev–Trinajstić information content (AvgIpc) is 2.99. The quantitative estimate of drug-likeness (QED) is 0.545. The zero-order chi connectivity index (χ0) is 24.9. The third-order valence-electron chi connectivity index (χ3n) is 6.04. The van der Waals surface area contributed by atoms with Crippen molar-refractivity contribution >= 4 is 29.1 Å². The molecule has 1 heterocycles. The summed E-state index contributed by atoms with van der Waals surface area (Å²) in [5.74, 6) is -2.38. The first kappa shape index (κ1) is 23.9. The van der Waals surface area contributed by atoms with E-state index in [0.29, 0.717) is 17.9 Å². The fraction of sp³-hybridized carbons (Fsp3) is 0.214. The Bertz CT molecular complexity index is 1270. The minimum atomic E-state index is -1.16. The first-order chi connectivity index (χ1) is 16.8. The van der Waals surface area contributed by atoms with Crippen LogP contribution in [0.2, 0.25) is 0 Å². The number of aliphatic imine (C=N–C) groups is 1. The number of carbonyl (C=O) groups is 3. The van der Waals surface area contributed by atoms with Crippen molar-refractivity contribution in [3.8, 4) is 0 Å². The lowest BCUT2D eigenvalue weighted by Gasteiger charge is -2.21. The molecule has 35 heavy (non-hydrogen) atoms. The molecule has 2 N–H and O–H groups in total. The first-order valence-corrected chi connectivity index (χ1v) is 11.5. The van der Waals surface area contributed by atoms with Crippen LogP contribution in [0.3, 0.4) is 0 Å². The van der Waals surface area contributed by atoms with Gasteiger partial charge in [0, 0.05) is 24.7 Å². The van der Waals surface area contributed by atoms with E-state index in [0.717, 1.165) is 22.3 Å². The summed E-state index contributed by atoms with van der Waals surface area (Å²) in [7, 11) is 1.65. The molecule has 1 aliphatic heterocycles. The second kappa shape index (κ2) is 10.3. The SMILES string of the molecule is Cc1ccc(CNC(=O)C(C)C(=O)NC2N=C(c3ccccc3)c3ccccc3N(C)C2=O)cc1. The number of rotatable bonds is 6. The second-order valence-corrected chi connectivity index (χ2v) is 8.59. The fourth-order valence-corrected chi connectivity index (χ4v) is 3.87. The van der Waals surface area contributed by atoms with Gasteiger partial charge in [0.2, 0.25) is 18.0 Å². The minimum Gasteiger partial charge on any atom is -0.351 e. The Morgan fingerprint density at radius 3 is 2.31 bits per heavy atom. The predicted octanol–water partition coefficient (Wildman–Crippen LogP) is 3.20. The van der Waals surface area contributed by atoms with E-state index in [1.807, 2.05) is 85.8 Å². The second-order valence-electron chi connectivity index (χ2n) is 8.59. The average molecular weight is 469 g/mol. The number of hydrogen-bond acceptors (Lipinski definition) is 4. The largest absolute Gasteiger partial charge is 0.351 e. The van der Waals surface area contributed by atoms with Crippen molar-refractivity contribution in [3.63, 3.8) is 0 Å². The lowest BCUT2D eigenvalue weighted by molar-refractivity contribution is -0.136. The number of fused-ring (bicyclic) bond motifs is 1. The number of nitrogens with one attached hydrogen (secondary N) is 2. The standard InChI is InChI=1S/C28H28N4O3/c1-18-13-15-20(16-14-18)17-29-26(33)19(2)27(34)31-25-28(35)32(3)23-12-8-7-11-22(23)24(30-25)21-9-5-4-6-10-21/h4-16,19,25H,17H2,1-3H3,(H,29,33)(H,31,34). The van der Waals surface area contributed by atoms with Gasteiger partial charge in [-0.2, -0.15) is 0 Å². The van der Waals surface area contributed by atoms with Crippen LogP contribution in [0.15, 0.2) is 83.9 Å². The number of benzodiazepines with no additional fused rings is 1. The van der Waals surface area contributed by atoms with Gasteiger partial charge in [-0.3, -0.25) is 14.4 Å². The van der Waals surface area contributed by atoms with Crippen LogP contribution in [0.4, 0.5) is 5.69 Å². The van der Waals surface area contributed by atoms with Gasteiger partial charge >= 0.3 is 0 Å². The molecule has 0 saturated heterocycles. The molecule has 3 aromatic rings. The molecule has 0 aromatic heterocycles. The summed E-state index contributed by atoms with van der Waals surface area (Å²) >= 11 is 0. The minimum absolute atomic E-state index is 0.313. The highest BCUT2D eigenvalue weighted by atomic mass is 16.2. The lowest BCUT2D eigenvalue weighted by atomic mass is 10.0. The van der Waals surface area contributed by atoms with Crippen LogP contribution in [-0.2, 0) is 20.9 Å². The Morgan fingerprint density at radius 2 is 1.60 bits per heavy atom. The molecule has 7 nitrogen and oxygen atoms in total. The van der Waals surface area contributed by atoms with Crippen LogP contribution >= 0.6 is 0 Å². The summed E-state index contributed by atoms with van der Waals surface area (Å²) in [5, 5.41) is 5.47. The molecule has 0 spiro atoms. The van der Waals surface area contributed by atoms with Crippen molar-refractivity contribution in [2.45, 2.75) is 26.6 Å². The van der Waals surface area contributed by atoms with Crippen molar-refractivity contribution in [2.75, 3.05) is 11.9 Å². The van der Waals surface area contributed by atoms with E-state index in [9.17, 15) is 14.4 Å². The third kappa shape index (κ3) is 5.30. The van der Waals surface area contributed by atoms with E-state index in [1.165, 1.54) is 11.8 Å². The van der Waals surface area contributed by atoms with Crippen LogP contribution in [-0.4, -0.2) is 36.6 Å². The highest BCUT2D eigenvalue weighted by Crippen LogP contribution is 2.27. The van der Waals surface area contributed by atoms with Crippen LogP contribution in [0.5, 0.6) is 0 Å². The van der Waals surface area contributed by atoms with Gasteiger partial charge in [-0.15, -0.1) is 0 Å². The van der Waals surface area contributed by atoms with E-state index >= 15 is 0 Å². The van der Waals surface area contributed by atoms with Crippen molar-refractivity contribution in [1.82, 2.24) is 10.6 Å². The zero-order valence-corrected chi connectivity index (χ0v) is 20.0. The summed E-state index contributed by atoms with van der Waals surface area (Å²) in [5.41, 5.74) is 4.97. The number of amides is 3. The van der Waals surface area contributed by atoms with E-state index in [1.54, 1.807) is 7.05 Å². The molecular weight excluding hydrogens is 440 g/mol. The van der Waals surface area contributed by atoms with Gasteiger partial charge in [0.25, 0.3) is 5.91 Å². The Morgan fingerprint density at radius 1 is 0.943 bits per heavy atom. The Kier molecular flexibility index (Phi) is 7.06. The number of anilines is 1. The van der Waals surface area contributed by atoms with Crippen LogP contribution in [0, 0.1) is 12.8 Å². The van der Waals surface area contributed by atoms with Crippen molar-refractivity contribution in [3.05, 3.63) is 101 Å². The van der Waals surface area contributed by atoms with Crippen LogP contribution in [0.1, 0.15) is 29.2 Å². The molecule has 2 unspecified atom stereocenters. The summed E-state index contributed by atoms with van der Waals surface area (Å²) in [6.07, 6.45) is -1.16. The highest BCUT2D eigenvalue weighted by Gasteiger charge is 2.33. The van der Waals surface area contributed by atoms with Crippen molar-refractivity contribution in [1.29, 1.82) is 0 Å². The molecule has 0 radical (unpaired) electrons. The zero-order valence-electron chi connectivity index (χ0n) is 20.0. The van der Waals surface area contributed by atoms with Crippen molar-refractivity contribution in [2.24, 2.45) is 10.9 Å². The predicted molar refractivity (Wildman–Crippen MR) is 136 cm³/mol. The number of likely N-dealkylation sites (N-methyl/N-ethyl adjacent to an activating group) is 1. The molecular formula is C28H28N4O3. The summed E-state index contributed by atoms with van der Waals surface area (Å²) in [6.45, 7) is 3.82. The molecule has 0 saturated carbocycles. The van der Waals surface area contributed by atoms with E-state index in [-0.39, 0.29) is 5.91 Å². The number of para-hydroxylation sites is 1. The summed E-state index contributed by atoms with van der Waals surface area (Å²) < 4.78 is 0. The molecule has 2 atom stereocenters. The van der Waals surface area contributed by atoms with Gasteiger partial charge in [-0.05, 0) is 25.5 Å². The molecule has 0 fully saturated rings. The van der Waals surface area contributed by atoms with Gasteiger partial charge < -0.3 is 15.5 Å². The molecule has 7 heteroatoms. The first-order valence-electron chi connectivity index (χ1n) is 11.5. The van der Waals surface area contributed by atoms with Gasteiger partial charge in [0.1, 0.15) is 5.92 Å². The Balaban J connectivity index is 1.54. The summed E-state index contributed by atoms with van der Waals surface area (Å²) in [4.78, 5) is 45.0.